The zero-order chi connectivity index (χ0) is 13.4. The van der Waals surface area contributed by atoms with Crippen LogP contribution >= 0.6 is 0 Å². The lowest BCUT2D eigenvalue weighted by Crippen LogP contribution is -2.33. The monoisotopic (exact) mass is 251 g/mol. The number of carbonyl (C=O) groups excluding carboxylic acids is 2. The highest BCUT2D eigenvalue weighted by Crippen LogP contribution is 2.34. The van der Waals surface area contributed by atoms with Crippen molar-refractivity contribution in [1.82, 2.24) is 5.32 Å². The van der Waals surface area contributed by atoms with Crippen LogP contribution in [0.4, 0.5) is 0 Å². The third-order valence-corrected chi connectivity index (χ3v) is 3.74. The van der Waals surface area contributed by atoms with Crippen molar-refractivity contribution in [2.75, 3.05) is 6.54 Å². The maximum Gasteiger partial charge on any atom is 0.223 e. The fraction of sp³-hybridized carbons (Fsp3) is 0.733. The molecule has 1 fully saturated rings. The first-order valence-electron chi connectivity index (χ1n) is 7.03. The van der Waals surface area contributed by atoms with E-state index in [9.17, 15) is 9.59 Å². The Morgan fingerprint density at radius 3 is 2.78 bits per heavy atom. The summed E-state index contributed by atoms with van der Waals surface area (Å²) < 4.78 is 0. The molecule has 18 heavy (non-hydrogen) atoms. The van der Waals surface area contributed by atoms with Crippen LogP contribution in [-0.2, 0) is 9.59 Å². The highest BCUT2D eigenvalue weighted by molar-refractivity contribution is 5.82. The van der Waals surface area contributed by atoms with E-state index in [1.807, 2.05) is 6.08 Å². The van der Waals surface area contributed by atoms with Gasteiger partial charge in [-0.1, -0.05) is 19.4 Å². The molecule has 1 amide bonds. The number of hydrogen-bond acceptors (Lipinski definition) is 2. The molecule has 3 atom stereocenters. The van der Waals surface area contributed by atoms with Crippen LogP contribution < -0.4 is 5.32 Å². The molecule has 1 aliphatic rings. The Morgan fingerprint density at radius 2 is 2.11 bits per heavy atom. The van der Waals surface area contributed by atoms with Crippen LogP contribution in [0.3, 0.4) is 0 Å². The van der Waals surface area contributed by atoms with Gasteiger partial charge < -0.3 is 10.1 Å². The predicted molar refractivity (Wildman–Crippen MR) is 73.1 cm³/mol. The molecular formula is C15H25NO2. The third-order valence-electron chi connectivity index (χ3n) is 3.74. The van der Waals surface area contributed by atoms with Gasteiger partial charge in [-0.25, -0.2) is 0 Å². The lowest BCUT2D eigenvalue weighted by Gasteiger charge is -2.14. The minimum atomic E-state index is -0.0920. The zero-order valence-corrected chi connectivity index (χ0v) is 11.4. The summed E-state index contributed by atoms with van der Waals surface area (Å²) in [6, 6.07) is 0. The Morgan fingerprint density at radius 1 is 1.33 bits per heavy atom. The van der Waals surface area contributed by atoms with Gasteiger partial charge in [0.15, 0.2) is 0 Å². The number of nitrogens with one attached hydrogen (secondary N) is 1. The summed E-state index contributed by atoms with van der Waals surface area (Å²) in [6.07, 6.45) is 8.90. The fourth-order valence-corrected chi connectivity index (χ4v) is 2.72. The SMILES string of the molecule is C=CCCCCCNC(=O)C1CC(C)CC1C=O. The molecule has 0 aliphatic heterocycles. The minimum Gasteiger partial charge on any atom is -0.356 e. The van der Waals surface area contributed by atoms with Crippen LogP contribution in [0, 0.1) is 17.8 Å². The Hall–Kier alpha value is -1.12. The van der Waals surface area contributed by atoms with Crippen molar-refractivity contribution in [3.8, 4) is 0 Å². The molecule has 0 aromatic rings. The lowest BCUT2D eigenvalue weighted by molar-refractivity contribution is -0.128. The Labute approximate surface area is 110 Å². The van der Waals surface area contributed by atoms with Crippen LogP contribution in [0.15, 0.2) is 12.7 Å². The van der Waals surface area contributed by atoms with Gasteiger partial charge in [-0.3, -0.25) is 4.79 Å². The van der Waals surface area contributed by atoms with Crippen LogP contribution in [0.25, 0.3) is 0 Å². The molecule has 102 valence electrons. The second kappa shape index (κ2) is 8.06. The molecule has 0 aromatic carbocycles. The number of rotatable bonds is 8. The van der Waals surface area contributed by atoms with E-state index in [4.69, 9.17) is 0 Å². The standard InChI is InChI=1S/C15H25NO2/c1-3-4-5-6-7-8-16-15(18)14-10-12(2)9-13(14)11-17/h3,11-14H,1,4-10H2,2H3,(H,16,18). The summed E-state index contributed by atoms with van der Waals surface area (Å²) in [5.41, 5.74) is 0. The van der Waals surface area contributed by atoms with E-state index >= 15 is 0 Å². The molecule has 0 radical (unpaired) electrons. The average molecular weight is 251 g/mol. The van der Waals surface area contributed by atoms with Gasteiger partial charge in [0.1, 0.15) is 6.29 Å². The molecule has 3 heteroatoms. The first-order chi connectivity index (χ1) is 8.69. The first-order valence-corrected chi connectivity index (χ1v) is 7.03. The number of amides is 1. The van der Waals surface area contributed by atoms with Crippen molar-refractivity contribution in [3.05, 3.63) is 12.7 Å². The summed E-state index contributed by atoms with van der Waals surface area (Å²) in [6.45, 7) is 6.52. The number of aldehydes is 1. The summed E-state index contributed by atoms with van der Waals surface area (Å²) in [5.74, 6) is 0.398. The van der Waals surface area contributed by atoms with Gasteiger partial charge in [-0.2, -0.15) is 0 Å². The Bertz CT molecular complexity index is 288. The molecule has 0 heterocycles. The van der Waals surface area contributed by atoms with E-state index in [1.165, 1.54) is 0 Å². The summed E-state index contributed by atoms with van der Waals surface area (Å²) in [5, 5.41) is 2.96. The first kappa shape index (κ1) is 14.9. The van der Waals surface area contributed by atoms with Crippen molar-refractivity contribution >= 4 is 12.2 Å². The molecule has 3 unspecified atom stereocenters. The molecule has 1 aliphatic carbocycles. The maximum atomic E-state index is 12.0. The van der Waals surface area contributed by atoms with Crippen LogP contribution in [0.1, 0.15) is 45.4 Å². The number of carbonyl (C=O) groups is 2. The van der Waals surface area contributed by atoms with E-state index in [0.717, 1.165) is 51.4 Å². The van der Waals surface area contributed by atoms with Crippen molar-refractivity contribution < 1.29 is 9.59 Å². The van der Waals surface area contributed by atoms with Crippen LogP contribution in [0.2, 0.25) is 0 Å². The Balaban J connectivity index is 2.19. The molecule has 1 saturated carbocycles. The molecule has 1 N–H and O–H groups in total. The molecule has 1 rings (SSSR count). The van der Waals surface area contributed by atoms with E-state index < -0.39 is 0 Å². The van der Waals surface area contributed by atoms with Gasteiger partial charge in [-0.05, 0) is 38.0 Å². The van der Waals surface area contributed by atoms with Crippen molar-refractivity contribution in [3.63, 3.8) is 0 Å². The number of unbranched alkanes of at least 4 members (excludes halogenated alkanes) is 3. The van der Waals surface area contributed by atoms with Gasteiger partial charge >= 0.3 is 0 Å². The van der Waals surface area contributed by atoms with E-state index in [0.29, 0.717) is 5.92 Å². The van der Waals surface area contributed by atoms with Gasteiger partial charge in [0.2, 0.25) is 5.91 Å². The van der Waals surface area contributed by atoms with Gasteiger partial charge in [-0.15, -0.1) is 6.58 Å². The topological polar surface area (TPSA) is 46.2 Å². The second-order valence-electron chi connectivity index (χ2n) is 5.41. The summed E-state index contributed by atoms with van der Waals surface area (Å²) in [7, 11) is 0. The normalized spacial score (nSPS) is 26.8. The minimum absolute atomic E-state index is 0.0687. The largest absolute Gasteiger partial charge is 0.356 e. The smallest absolute Gasteiger partial charge is 0.223 e. The lowest BCUT2D eigenvalue weighted by atomic mass is 9.97. The van der Waals surface area contributed by atoms with Crippen molar-refractivity contribution in [2.45, 2.75) is 45.4 Å². The second-order valence-corrected chi connectivity index (χ2v) is 5.41. The molecule has 0 aromatic heterocycles. The van der Waals surface area contributed by atoms with Crippen LogP contribution in [-0.4, -0.2) is 18.7 Å². The molecule has 3 nitrogen and oxygen atoms in total. The Kier molecular flexibility index (Phi) is 6.69. The van der Waals surface area contributed by atoms with Crippen molar-refractivity contribution in [2.24, 2.45) is 17.8 Å². The average Bonchev–Trinajstić information content (AvgIpc) is 2.74. The summed E-state index contributed by atoms with van der Waals surface area (Å²) in [4.78, 5) is 22.9. The summed E-state index contributed by atoms with van der Waals surface area (Å²) >= 11 is 0. The molecule has 0 saturated heterocycles. The van der Waals surface area contributed by atoms with E-state index in [-0.39, 0.29) is 17.7 Å². The zero-order valence-electron chi connectivity index (χ0n) is 11.4. The van der Waals surface area contributed by atoms with Gasteiger partial charge in [0.25, 0.3) is 0 Å². The molecule has 0 bridgehead atoms. The third kappa shape index (κ3) is 4.63. The van der Waals surface area contributed by atoms with Crippen LogP contribution in [0.5, 0.6) is 0 Å². The number of hydrogen-bond donors (Lipinski definition) is 1. The predicted octanol–water partition coefficient (Wildman–Crippen LogP) is 2.71. The highest BCUT2D eigenvalue weighted by Gasteiger charge is 2.36. The van der Waals surface area contributed by atoms with Gasteiger partial charge in [0, 0.05) is 18.4 Å². The molecule has 0 spiro atoms. The number of allylic oxidation sites excluding steroid dienone is 1. The fourth-order valence-electron chi connectivity index (χ4n) is 2.72. The van der Waals surface area contributed by atoms with Crippen molar-refractivity contribution in [1.29, 1.82) is 0 Å². The van der Waals surface area contributed by atoms with E-state index in [2.05, 4.69) is 18.8 Å². The van der Waals surface area contributed by atoms with Gasteiger partial charge in [0.05, 0.1) is 0 Å². The maximum absolute atomic E-state index is 12.0. The molecular weight excluding hydrogens is 226 g/mol. The quantitative estimate of drug-likeness (QED) is 0.409. The highest BCUT2D eigenvalue weighted by atomic mass is 16.2. The van der Waals surface area contributed by atoms with E-state index in [1.54, 1.807) is 0 Å².